The van der Waals surface area contributed by atoms with Gasteiger partial charge in [0.1, 0.15) is 16.3 Å². The summed E-state index contributed by atoms with van der Waals surface area (Å²) < 4.78 is 5.18. The molecule has 0 spiro atoms. The maximum Gasteiger partial charge on any atom is 0.330 e. The molecule has 2 fully saturated rings. The minimum atomic E-state index is -1.06. The second kappa shape index (κ2) is 3.10. The number of ether oxygens (including phenoxy) is 1. The van der Waals surface area contributed by atoms with Crippen LogP contribution in [0.4, 0.5) is 0 Å². The summed E-state index contributed by atoms with van der Waals surface area (Å²) in [6, 6.07) is -1.56. The summed E-state index contributed by atoms with van der Waals surface area (Å²) in [7, 11) is 1.44. The van der Waals surface area contributed by atoms with Crippen LogP contribution < -0.4 is 5.73 Å². The van der Waals surface area contributed by atoms with Crippen LogP contribution in [-0.4, -0.2) is 51.4 Å². The Labute approximate surface area is 90.7 Å². The number of nitrogens with two attached hydrogens (primary N) is 1. The van der Waals surface area contributed by atoms with Gasteiger partial charge in [0, 0.05) is 7.11 Å². The molecule has 2 heterocycles. The number of β-lactam (4-membered cyclic amide) rings is 1. The highest BCUT2D eigenvalue weighted by Crippen LogP contribution is 2.50. The van der Waals surface area contributed by atoms with Crippen LogP contribution in [-0.2, 0) is 14.3 Å². The van der Waals surface area contributed by atoms with E-state index in [0.29, 0.717) is 0 Å². The first-order chi connectivity index (χ1) is 6.92. The van der Waals surface area contributed by atoms with Crippen LogP contribution in [0.5, 0.6) is 0 Å². The van der Waals surface area contributed by atoms with E-state index in [1.54, 1.807) is 6.92 Å². The monoisotopic (exact) mass is 232 g/mol. The normalized spacial score (nSPS) is 43.8. The molecular weight excluding hydrogens is 220 g/mol. The first kappa shape index (κ1) is 10.7. The van der Waals surface area contributed by atoms with Crippen molar-refractivity contribution in [2.45, 2.75) is 29.3 Å². The van der Waals surface area contributed by atoms with E-state index >= 15 is 0 Å². The van der Waals surface area contributed by atoms with Crippen LogP contribution >= 0.6 is 11.8 Å². The highest BCUT2D eigenvalue weighted by molar-refractivity contribution is 8.01. The van der Waals surface area contributed by atoms with Gasteiger partial charge in [0.25, 0.3) is 0 Å². The Bertz CT molecular complexity index is 337. The molecular formula is C8H12N2O4S. The van der Waals surface area contributed by atoms with Gasteiger partial charge >= 0.3 is 5.97 Å². The predicted molar refractivity (Wildman–Crippen MR) is 53.0 cm³/mol. The number of hydrogen-bond acceptors (Lipinski definition) is 5. The van der Waals surface area contributed by atoms with Gasteiger partial charge in [0.2, 0.25) is 5.91 Å². The fourth-order valence-electron chi connectivity index (χ4n) is 1.97. The lowest BCUT2D eigenvalue weighted by atomic mass is 10.0. The van der Waals surface area contributed by atoms with Gasteiger partial charge in [0.05, 0.1) is 0 Å². The molecule has 2 unspecified atom stereocenters. The SMILES string of the molecule is CO[C@@]1(C)S[C@H]2C(N)C(=O)N2C1C(=O)O. The maximum absolute atomic E-state index is 11.4. The summed E-state index contributed by atoms with van der Waals surface area (Å²) in [4.78, 5) is 22.9. The van der Waals surface area contributed by atoms with E-state index in [0.717, 1.165) is 0 Å². The van der Waals surface area contributed by atoms with E-state index in [-0.39, 0.29) is 11.3 Å². The summed E-state index contributed by atoms with van der Waals surface area (Å²) in [6.45, 7) is 1.66. The number of amides is 1. The highest BCUT2D eigenvalue weighted by atomic mass is 32.2. The molecule has 0 aromatic rings. The summed E-state index contributed by atoms with van der Waals surface area (Å²) >= 11 is 1.29. The van der Waals surface area contributed by atoms with Crippen molar-refractivity contribution in [3.05, 3.63) is 0 Å². The number of carbonyl (C=O) groups is 2. The van der Waals surface area contributed by atoms with Crippen molar-refractivity contribution >= 4 is 23.6 Å². The summed E-state index contributed by atoms with van der Waals surface area (Å²) in [5, 5.41) is 8.80. The number of carbonyl (C=O) groups excluding carboxylic acids is 1. The molecule has 2 aliphatic rings. The molecule has 0 aromatic heterocycles. The smallest absolute Gasteiger partial charge is 0.330 e. The van der Waals surface area contributed by atoms with Crippen LogP contribution in [0.1, 0.15) is 6.92 Å². The molecule has 4 atom stereocenters. The fraction of sp³-hybridized carbons (Fsp3) is 0.750. The third kappa shape index (κ3) is 1.20. The van der Waals surface area contributed by atoms with Crippen molar-refractivity contribution in [2.75, 3.05) is 7.11 Å². The molecule has 84 valence electrons. The van der Waals surface area contributed by atoms with Gasteiger partial charge in [0.15, 0.2) is 6.04 Å². The molecule has 1 amide bonds. The first-order valence-corrected chi connectivity index (χ1v) is 5.34. The van der Waals surface area contributed by atoms with Gasteiger partial charge in [-0.25, -0.2) is 4.79 Å². The molecule has 2 rings (SSSR count). The lowest BCUT2D eigenvalue weighted by Gasteiger charge is -2.41. The van der Waals surface area contributed by atoms with Gasteiger partial charge in [-0.05, 0) is 6.92 Å². The Hall–Kier alpha value is -0.790. The van der Waals surface area contributed by atoms with Gasteiger partial charge in [-0.15, -0.1) is 0 Å². The molecule has 7 heteroatoms. The van der Waals surface area contributed by atoms with Crippen LogP contribution in [0, 0.1) is 0 Å². The third-order valence-electron chi connectivity index (χ3n) is 2.89. The summed E-state index contributed by atoms with van der Waals surface area (Å²) in [5.74, 6) is -1.38. The Kier molecular flexibility index (Phi) is 2.21. The van der Waals surface area contributed by atoms with E-state index in [1.807, 2.05) is 0 Å². The summed E-state index contributed by atoms with van der Waals surface area (Å²) in [5.41, 5.74) is 5.58. The van der Waals surface area contributed by atoms with Gasteiger partial charge in [-0.1, -0.05) is 11.8 Å². The number of thioether (sulfide) groups is 1. The van der Waals surface area contributed by atoms with E-state index in [9.17, 15) is 9.59 Å². The molecule has 15 heavy (non-hydrogen) atoms. The second-order valence-corrected chi connectivity index (χ2v) is 5.27. The van der Waals surface area contributed by atoms with Gasteiger partial charge in [-0.3, -0.25) is 4.79 Å². The standard InChI is InChI=1S/C8H12N2O4S/c1-8(14-2)4(7(12)13)10-5(11)3(9)6(10)15-8/h3-4,6H,9H2,1-2H3,(H,12,13)/t3?,4?,6-,8-/m0/s1. The molecule has 6 nitrogen and oxygen atoms in total. The lowest BCUT2D eigenvalue weighted by Crippen LogP contribution is -2.68. The minimum Gasteiger partial charge on any atom is -0.480 e. The number of nitrogens with zero attached hydrogens (tertiary/aromatic N) is 1. The van der Waals surface area contributed by atoms with Crippen molar-refractivity contribution in [3.8, 4) is 0 Å². The molecule has 2 saturated heterocycles. The number of carboxylic acids is 1. The molecule has 3 N–H and O–H groups in total. The van der Waals surface area contributed by atoms with Crippen molar-refractivity contribution in [2.24, 2.45) is 5.73 Å². The molecule has 0 bridgehead atoms. The predicted octanol–water partition coefficient (Wildman–Crippen LogP) is -0.955. The number of rotatable bonds is 2. The van der Waals surface area contributed by atoms with Crippen LogP contribution in [0.2, 0.25) is 0 Å². The number of fused-ring (bicyclic) bond motifs is 1. The molecule has 2 aliphatic heterocycles. The largest absolute Gasteiger partial charge is 0.480 e. The number of hydrogen-bond donors (Lipinski definition) is 2. The average Bonchev–Trinajstić information content (AvgIpc) is 2.49. The Morgan fingerprint density at radius 1 is 1.73 bits per heavy atom. The molecule has 0 aromatic carbocycles. The number of carboxylic acid groups (broad SMARTS) is 1. The quantitative estimate of drug-likeness (QED) is 0.596. The van der Waals surface area contributed by atoms with Crippen LogP contribution in [0.15, 0.2) is 0 Å². The average molecular weight is 232 g/mol. The Morgan fingerprint density at radius 3 is 2.80 bits per heavy atom. The van der Waals surface area contributed by atoms with Gasteiger partial charge in [-0.2, -0.15) is 0 Å². The maximum atomic E-state index is 11.4. The van der Waals surface area contributed by atoms with Crippen molar-refractivity contribution < 1.29 is 19.4 Å². The fourth-order valence-corrected chi connectivity index (χ4v) is 3.50. The van der Waals surface area contributed by atoms with Crippen molar-refractivity contribution in [1.29, 1.82) is 0 Å². The van der Waals surface area contributed by atoms with Crippen molar-refractivity contribution in [1.82, 2.24) is 4.90 Å². The van der Waals surface area contributed by atoms with E-state index in [4.69, 9.17) is 15.6 Å². The van der Waals surface area contributed by atoms with E-state index in [1.165, 1.54) is 23.8 Å². The summed E-state index contributed by atoms with van der Waals surface area (Å²) in [6.07, 6.45) is 0. The molecule has 0 radical (unpaired) electrons. The van der Waals surface area contributed by atoms with E-state index < -0.39 is 23.0 Å². The van der Waals surface area contributed by atoms with Crippen molar-refractivity contribution in [3.63, 3.8) is 0 Å². The Balaban J connectivity index is 2.33. The topological polar surface area (TPSA) is 92.9 Å². The first-order valence-electron chi connectivity index (χ1n) is 4.46. The Morgan fingerprint density at radius 2 is 2.33 bits per heavy atom. The minimum absolute atomic E-state index is 0.274. The lowest BCUT2D eigenvalue weighted by molar-refractivity contribution is -0.164. The third-order valence-corrected chi connectivity index (χ3v) is 4.51. The van der Waals surface area contributed by atoms with Crippen LogP contribution in [0.3, 0.4) is 0 Å². The van der Waals surface area contributed by atoms with Gasteiger partial charge < -0.3 is 20.5 Å². The number of methoxy groups -OCH3 is 1. The molecule has 0 saturated carbocycles. The highest BCUT2D eigenvalue weighted by Gasteiger charge is 2.65. The zero-order valence-corrected chi connectivity index (χ0v) is 9.15. The zero-order valence-electron chi connectivity index (χ0n) is 8.34. The van der Waals surface area contributed by atoms with Crippen LogP contribution in [0.25, 0.3) is 0 Å². The molecule has 0 aliphatic carbocycles. The zero-order chi connectivity index (χ0) is 11.4. The second-order valence-electron chi connectivity index (χ2n) is 3.74. The van der Waals surface area contributed by atoms with E-state index in [2.05, 4.69) is 0 Å². The number of aliphatic carboxylic acids is 1.